The molecule has 0 amide bonds. The van der Waals surface area contributed by atoms with Crippen LogP contribution in [-0.2, 0) is 0 Å². The average molecular weight is 152 g/mol. The second-order valence-corrected chi connectivity index (χ2v) is 5.51. The minimum atomic E-state index is 0.631. The van der Waals surface area contributed by atoms with Gasteiger partial charge in [0, 0.05) is 0 Å². The van der Waals surface area contributed by atoms with Crippen LogP contribution in [0.4, 0.5) is 0 Å². The van der Waals surface area contributed by atoms with Gasteiger partial charge in [-0.3, -0.25) is 0 Å². The molecule has 0 N–H and O–H groups in total. The Morgan fingerprint density at radius 1 is 1.18 bits per heavy atom. The van der Waals surface area contributed by atoms with E-state index in [1.165, 1.54) is 19.3 Å². The monoisotopic (exact) mass is 152 g/mol. The van der Waals surface area contributed by atoms with Crippen molar-refractivity contribution in [3.05, 3.63) is 0 Å². The van der Waals surface area contributed by atoms with E-state index in [0.29, 0.717) is 10.8 Å². The third-order valence-corrected chi connectivity index (χ3v) is 5.23. The molecule has 64 valence electrons. The lowest BCUT2D eigenvalue weighted by Gasteiger charge is -2.37. The number of rotatable bonds is 0. The van der Waals surface area contributed by atoms with Gasteiger partial charge in [-0.15, -0.1) is 0 Å². The predicted molar refractivity (Wildman–Crippen MR) is 48.4 cm³/mol. The fraction of sp³-hybridized carbons (Fsp3) is 1.00. The first-order valence-electron chi connectivity index (χ1n) is 4.98. The van der Waals surface area contributed by atoms with Gasteiger partial charge in [-0.2, -0.15) is 0 Å². The van der Waals surface area contributed by atoms with Crippen LogP contribution in [0.15, 0.2) is 0 Å². The quantitative estimate of drug-likeness (QED) is 0.498. The predicted octanol–water partition coefficient (Wildman–Crippen LogP) is 3.47. The van der Waals surface area contributed by atoms with Crippen molar-refractivity contribution in [3.8, 4) is 0 Å². The molecule has 3 atom stereocenters. The molecule has 0 aromatic carbocycles. The molecule has 2 bridgehead atoms. The molecule has 2 rings (SSSR count). The molecule has 0 aromatic rings. The largest absolute Gasteiger partial charge is 0.0620 e. The van der Waals surface area contributed by atoms with E-state index in [2.05, 4.69) is 27.7 Å². The molecule has 0 radical (unpaired) electrons. The van der Waals surface area contributed by atoms with Crippen LogP contribution < -0.4 is 0 Å². The minimum Gasteiger partial charge on any atom is -0.0620 e. The van der Waals surface area contributed by atoms with E-state index in [1.807, 2.05) is 0 Å². The summed E-state index contributed by atoms with van der Waals surface area (Å²) in [6, 6.07) is 0. The lowest BCUT2D eigenvalue weighted by Crippen LogP contribution is -2.30. The smallest absolute Gasteiger partial charge is 0.0246 e. The Hall–Kier alpha value is 0. The molecule has 0 unspecified atom stereocenters. The Labute approximate surface area is 70.4 Å². The lowest BCUT2D eigenvalue weighted by molar-refractivity contribution is 0.112. The average Bonchev–Trinajstić information content (AvgIpc) is 2.20. The summed E-state index contributed by atoms with van der Waals surface area (Å²) in [6.45, 7) is 9.91. The second-order valence-electron chi connectivity index (χ2n) is 5.51. The third kappa shape index (κ3) is 0.666. The highest BCUT2D eigenvalue weighted by molar-refractivity contribution is 5.08. The molecule has 0 aromatic heterocycles. The molecule has 0 saturated heterocycles. The zero-order chi connectivity index (χ0) is 8.28. The van der Waals surface area contributed by atoms with Gasteiger partial charge in [0.25, 0.3) is 0 Å². The minimum absolute atomic E-state index is 0.631. The van der Waals surface area contributed by atoms with Crippen LogP contribution in [0, 0.1) is 22.7 Å². The maximum atomic E-state index is 2.50. The molecule has 2 fully saturated rings. The van der Waals surface area contributed by atoms with Gasteiger partial charge in [0.1, 0.15) is 0 Å². The van der Waals surface area contributed by atoms with Crippen LogP contribution in [0.1, 0.15) is 47.0 Å². The van der Waals surface area contributed by atoms with Crippen molar-refractivity contribution in [1.82, 2.24) is 0 Å². The van der Waals surface area contributed by atoms with Gasteiger partial charge in [-0.05, 0) is 41.9 Å². The van der Waals surface area contributed by atoms with Crippen molar-refractivity contribution in [2.75, 3.05) is 0 Å². The van der Waals surface area contributed by atoms with Gasteiger partial charge < -0.3 is 0 Å². The molecule has 0 heteroatoms. The van der Waals surface area contributed by atoms with E-state index in [0.717, 1.165) is 11.8 Å². The van der Waals surface area contributed by atoms with Gasteiger partial charge in [0.05, 0.1) is 0 Å². The maximum absolute atomic E-state index is 2.50. The summed E-state index contributed by atoms with van der Waals surface area (Å²) in [4.78, 5) is 0. The topological polar surface area (TPSA) is 0 Å². The Bertz CT molecular complexity index is 180. The fourth-order valence-corrected chi connectivity index (χ4v) is 3.60. The summed E-state index contributed by atoms with van der Waals surface area (Å²) in [6.07, 6.45) is 4.46. The molecule has 2 aliphatic carbocycles. The van der Waals surface area contributed by atoms with E-state index in [-0.39, 0.29) is 0 Å². The summed E-state index contributed by atoms with van der Waals surface area (Å²) >= 11 is 0. The van der Waals surface area contributed by atoms with Crippen LogP contribution in [0.5, 0.6) is 0 Å². The highest BCUT2D eigenvalue weighted by Crippen LogP contribution is 2.67. The first-order chi connectivity index (χ1) is 4.98. The third-order valence-electron chi connectivity index (χ3n) is 5.23. The van der Waals surface area contributed by atoms with E-state index in [1.54, 1.807) is 0 Å². The number of hydrogen-bond donors (Lipinski definition) is 0. The molecule has 2 aliphatic rings. The SMILES string of the molecule is C[C@@H]1C[C@H]2CC[C@@]1(C)C2(C)C. The van der Waals surface area contributed by atoms with Gasteiger partial charge in [-0.1, -0.05) is 27.7 Å². The van der Waals surface area contributed by atoms with Crippen LogP contribution in [0.2, 0.25) is 0 Å². The molecule has 0 nitrogen and oxygen atoms in total. The molecule has 11 heavy (non-hydrogen) atoms. The van der Waals surface area contributed by atoms with Crippen molar-refractivity contribution in [2.45, 2.75) is 47.0 Å². The van der Waals surface area contributed by atoms with Gasteiger partial charge in [0.2, 0.25) is 0 Å². The highest BCUT2D eigenvalue weighted by atomic mass is 14.6. The summed E-state index contributed by atoms with van der Waals surface area (Å²) < 4.78 is 0. The summed E-state index contributed by atoms with van der Waals surface area (Å²) in [5.41, 5.74) is 1.30. The zero-order valence-electron chi connectivity index (χ0n) is 8.28. The zero-order valence-corrected chi connectivity index (χ0v) is 8.28. The van der Waals surface area contributed by atoms with Gasteiger partial charge >= 0.3 is 0 Å². The highest BCUT2D eigenvalue weighted by Gasteiger charge is 2.59. The molecule has 0 aliphatic heterocycles. The van der Waals surface area contributed by atoms with Crippen molar-refractivity contribution in [2.24, 2.45) is 22.7 Å². The van der Waals surface area contributed by atoms with Crippen LogP contribution in [0.3, 0.4) is 0 Å². The van der Waals surface area contributed by atoms with Crippen molar-refractivity contribution >= 4 is 0 Å². The fourth-order valence-electron chi connectivity index (χ4n) is 3.60. The number of fused-ring (bicyclic) bond motifs is 2. The standard InChI is InChI=1S/C11H20/c1-8-7-9-5-6-11(8,4)10(9,2)3/h8-9H,5-7H2,1-4H3/t8-,9-,11-/m1/s1. The van der Waals surface area contributed by atoms with Gasteiger partial charge in [-0.25, -0.2) is 0 Å². The van der Waals surface area contributed by atoms with Crippen molar-refractivity contribution < 1.29 is 0 Å². The molecule has 2 saturated carbocycles. The molecular formula is C11H20. The number of hydrogen-bond acceptors (Lipinski definition) is 0. The Kier molecular flexibility index (Phi) is 1.28. The first kappa shape index (κ1) is 7.64. The Morgan fingerprint density at radius 3 is 2.00 bits per heavy atom. The van der Waals surface area contributed by atoms with Crippen LogP contribution >= 0.6 is 0 Å². The lowest BCUT2D eigenvalue weighted by atomic mass is 9.67. The Balaban J connectivity index is 2.40. The van der Waals surface area contributed by atoms with Crippen molar-refractivity contribution in [1.29, 1.82) is 0 Å². The van der Waals surface area contributed by atoms with E-state index in [9.17, 15) is 0 Å². The summed E-state index contributed by atoms with van der Waals surface area (Å²) in [5, 5.41) is 0. The first-order valence-corrected chi connectivity index (χ1v) is 4.98. The van der Waals surface area contributed by atoms with E-state index in [4.69, 9.17) is 0 Å². The molecule has 0 spiro atoms. The van der Waals surface area contributed by atoms with E-state index < -0.39 is 0 Å². The molecule has 0 heterocycles. The van der Waals surface area contributed by atoms with Crippen LogP contribution in [0.25, 0.3) is 0 Å². The second kappa shape index (κ2) is 1.84. The summed E-state index contributed by atoms with van der Waals surface area (Å²) in [7, 11) is 0. The van der Waals surface area contributed by atoms with Crippen LogP contribution in [-0.4, -0.2) is 0 Å². The van der Waals surface area contributed by atoms with E-state index >= 15 is 0 Å². The maximum Gasteiger partial charge on any atom is -0.0246 e. The van der Waals surface area contributed by atoms with Gasteiger partial charge in [0.15, 0.2) is 0 Å². The van der Waals surface area contributed by atoms with Crippen molar-refractivity contribution in [3.63, 3.8) is 0 Å². The Morgan fingerprint density at radius 2 is 1.82 bits per heavy atom. The molecular weight excluding hydrogens is 132 g/mol. The normalized spacial score (nSPS) is 53.5. The summed E-state index contributed by atoms with van der Waals surface area (Å²) in [5.74, 6) is 2.00.